The number of hydrogen-bond acceptors (Lipinski definition) is 6. The number of fused-ring (bicyclic) bond motifs is 1. The first kappa shape index (κ1) is 21.4. The van der Waals surface area contributed by atoms with Gasteiger partial charge in [0.15, 0.2) is 11.5 Å². The van der Waals surface area contributed by atoms with E-state index in [1.54, 1.807) is 53.4 Å². The molecule has 166 valence electrons. The first-order valence-corrected chi connectivity index (χ1v) is 10.4. The normalized spacial score (nSPS) is 15.6. The van der Waals surface area contributed by atoms with Gasteiger partial charge in [0, 0.05) is 36.8 Å². The Morgan fingerprint density at radius 2 is 1.75 bits per heavy atom. The van der Waals surface area contributed by atoms with Gasteiger partial charge in [-0.15, -0.1) is 0 Å². The van der Waals surface area contributed by atoms with Gasteiger partial charge in [-0.2, -0.15) is 0 Å². The zero-order valence-corrected chi connectivity index (χ0v) is 17.7. The second kappa shape index (κ2) is 9.55. The fraction of sp³-hybridized carbons (Fsp3) is 0.292. The second-order valence-corrected chi connectivity index (χ2v) is 7.60. The lowest BCUT2D eigenvalue weighted by atomic mass is 9.95. The number of ether oxygens (including phenoxy) is 3. The van der Waals surface area contributed by atoms with E-state index in [0.717, 1.165) is 5.56 Å². The maximum Gasteiger partial charge on any atom is 0.337 e. The molecule has 0 bridgehead atoms. The quantitative estimate of drug-likeness (QED) is 0.572. The third-order valence-corrected chi connectivity index (χ3v) is 5.57. The summed E-state index contributed by atoms with van der Waals surface area (Å²) in [5.41, 5.74) is 1.93. The molecular weight excluding hydrogens is 412 g/mol. The summed E-state index contributed by atoms with van der Waals surface area (Å²) in [7, 11) is 1.33. The molecule has 0 aliphatic carbocycles. The summed E-state index contributed by atoms with van der Waals surface area (Å²) in [4.78, 5) is 38.3. The van der Waals surface area contributed by atoms with Crippen LogP contribution < -0.4 is 14.8 Å². The summed E-state index contributed by atoms with van der Waals surface area (Å²) in [6, 6.07) is 12.1. The lowest BCUT2D eigenvalue weighted by Crippen LogP contribution is -2.40. The van der Waals surface area contributed by atoms with Gasteiger partial charge < -0.3 is 24.4 Å². The number of methoxy groups -OCH3 is 1. The largest absolute Gasteiger partial charge is 0.465 e. The highest BCUT2D eigenvalue weighted by Crippen LogP contribution is 2.34. The van der Waals surface area contributed by atoms with Crippen LogP contribution >= 0.6 is 0 Å². The highest BCUT2D eigenvalue weighted by atomic mass is 16.7. The number of rotatable bonds is 5. The van der Waals surface area contributed by atoms with Gasteiger partial charge in [-0.1, -0.05) is 12.1 Å². The van der Waals surface area contributed by atoms with Crippen LogP contribution in [-0.2, 0) is 14.3 Å². The smallest absolute Gasteiger partial charge is 0.337 e. The van der Waals surface area contributed by atoms with Crippen molar-refractivity contribution in [3.05, 3.63) is 59.7 Å². The molecule has 0 spiro atoms. The molecular formula is C24H24N2O6. The maximum absolute atomic E-state index is 12.6. The molecule has 1 N–H and O–H groups in total. The Hall–Kier alpha value is -3.81. The molecule has 2 heterocycles. The molecule has 0 aromatic heterocycles. The van der Waals surface area contributed by atoms with Gasteiger partial charge >= 0.3 is 5.97 Å². The van der Waals surface area contributed by atoms with Gasteiger partial charge in [-0.3, -0.25) is 9.59 Å². The minimum absolute atomic E-state index is 0.0581. The number of amides is 2. The third-order valence-electron chi connectivity index (χ3n) is 5.57. The van der Waals surface area contributed by atoms with Gasteiger partial charge in [-0.05, 0) is 48.7 Å². The second-order valence-electron chi connectivity index (χ2n) is 7.60. The van der Waals surface area contributed by atoms with Crippen LogP contribution in [0.1, 0.15) is 28.8 Å². The first-order chi connectivity index (χ1) is 15.5. The first-order valence-electron chi connectivity index (χ1n) is 10.4. The number of carbonyl (C=O) groups is 3. The molecule has 0 atom stereocenters. The highest BCUT2D eigenvalue weighted by Gasteiger charge is 2.27. The zero-order valence-electron chi connectivity index (χ0n) is 17.7. The molecule has 8 nitrogen and oxygen atoms in total. The van der Waals surface area contributed by atoms with Gasteiger partial charge in [-0.25, -0.2) is 4.79 Å². The molecule has 2 amide bonds. The minimum Gasteiger partial charge on any atom is -0.465 e. The van der Waals surface area contributed by atoms with Gasteiger partial charge in [0.25, 0.3) is 0 Å². The SMILES string of the molecule is COC(=O)c1ccc(/C=C/C(=O)N2CCC(C(=O)Nc3ccc4c(c3)OCO4)CC2)cc1. The predicted molar refractivity (Wildman–Crippen MR) is 117 cm³/mol. The van der Waals surface area contributed by atoms with Crippen molar-refractivity contribution in [2.75, 3.05) is 32.3 Å². The number of anilines is 1. The molecule has 0 radical (unpaired) electrons. The molecule has 2 aromatic carbocycles. The average molecular weight is 436 g/mol. The molecule has 1 fully saturated rings. The number of benzene rings is 2. The van der Waals surface area contributed by atoms with E-state index in [4.69, 9.17) is 9.47 Å². The Morgan fingerprint density at radius 1 is 1.03 bits per heavy atom. The van der Waals surface area contributed by atoms with Crippen molar-refractivity contribution in [3.8, 4) is 11.5 Å². The van der Waals surface area contributed by atoms with Crippen LogP contribution in [0.25, 0.3) is 6.08 Å². The van der Waals surface area contributed by atoms with Crippen LogP contribution in [0, 0.1) is 5.92 Å². The Bertz CT molecular complexity index is 1040. The zero-order chi connectivity index (χ0) is 22.5. The molecule has 2 aliphatic rings. The van der Waals surface area contributed by atoms with Crippen molar-refractivity contribution < 1.29 is 28.6 Å². The van der Waals surface area contributed by atoms with Crippen LogP contribution in [0.15, 0.2) is 48.5 Å². The van der Waals surface area contributed by atoms with Crippen molar-refractivity contribution in [3.63, 3.8) is 0 Å². The Morgan fingerprint density at radius 3 is 2.47 bits per heavy atom. The fourth-order valence-corrected chi connectivity index (χ4v) is 3.70. The number of carbonyl (C=O) groups excluding carboxylic acids is 3. The van der Waals surface area contributed by atoms with Crippen molar-refractivity contribution >= 4 is 29.5 Å². The van der Waals surface area contributed by atoms with Gasteiger partial charge in [0.05, 0.1) is 12.7 Å². The maximum atomic E-state index is 12.6. The van der Waals surface area contributed by atoms with Gasteiger partial charge in [0.1, 0.15) is 0 Å². The van der Waals surface area contributed by atoms with E-state index < -0.39 is 5.97 Å². The van der Waals surface area contributed by atoms with Gasteiger partial charge in [0.2, 0.25) is 18.6 Å². The van der Waals surface area contributed by atoms with Crippen LogP contribution in [0.4, 0.5) is 5.69 Å². The monoisotopic (exact) mass is 436 g/mol. The predicted octanol–water partition coefficient (Wildman–Crippen LogP) is 3.09. The van der Waals surface area contributed by atoms with Crippen molar-refractivity contribution in [1.82, 2.24) is 4.90 Å². The number of hydrogen-bond donors (Lipinski definition) is 1. The Balaban J connectivity index is 1.26. The molecule has 0 unspecified atom stereocenters. The minimum atomic E-state index is -0.401. The summed E-state index contributed by atoms with van der Waals surface area (Å²) in [6.07, 6.45) is 4.43. The number of nitrogens with one attached hydrogen (secondary N) is 1. The molecule has 4 rings (SSSR count). The van der Waals surface area contributed by atoms with Crippen LogP contribution in [0.2, 0.25) is 0 Å². The van der Waals surface area contributed by atoms with Crippen LogP contribution in [-0.4, -0.2) is 49.7 Å². The van der Waals surface area contributed by atoms with E-state index >= 15 is 0 Å². The van der Waals surface area contributed by atoms with E-state index in [1.165, 1.54) is 13.2 Å². The lowest BCUT2D eigenvalue weighted by molar-refractivity contribution is -0.130. The highest BCUT2D eigenvalue weighted by molar-refractivity contribution is 5.94. The average Bonchev–Trinajstić information content (AvgIpc) is 3.30. The number of esters is 1. The Labute approximate surface area is 185 Å². The molecule has 32 heavy (non-hydrogen) atoms. The number of piperidine rings is 1. The van der Waals surface area contributed by atoms with Crippen LogP contribution in [0.3, 0.4) is 0 Å². The number of nitrogens with zero attached hydrogens (tertiary/aromatic N) is 1. The van der Waals surface area contributed by atoms with E-state index in [1.807, 2.05) is 0 Å². The topological polar surface area (TPSA) is 94.2 Å². The summed E-state index contributed by atoms with van der Waals surface area (Å²) in [6.45, 7) is 1.22. The Kier molecular flexibility index (Phi) is 6.39. The summed E-state index contributed by atoms with van der Waals surface area (Å²) in [5, 5.41) is 2.92. The molecule has 8 heteroatoms. The standard InChI is InChI=1S/C24H24N2O6/c1-30-24(29)18-5-2-16(3-6-18)4-9-22(27)26-12-10-17(11-13-26)23(28)25-19-7-8-20-21(14-19)32-15-31-20/h2-9,14,17H,10-13,15H2,1H3,(H,25,28)/b9-4+. The number of likely N-dealkylation sites (tertiary alicyclic amines) is 1. The van der Waals surface area contributed by atoms with Crippen molar-refractivity contribution in [2.24, 2.45) is 5.92 Å². The van der Waals surface area contributed by atoms with E-state index in [2.05, 4.69) is 10.1 Å². The van der Waals surface area contributed by atoms with Crippen molar-refractivity contribution in [2.45, 2.75) is 12.8 Å². The summed E-state index contributed by atoms with van der Waals surface area (Å²) in [5.74, 6) is 0.576. The molecule has 0 saturated carbocycles. The van der Waals surface area contributed by atoms with Crippen LogP contribution in [0.5, 0.6) is 11.5 Å². The lowest BCUT2D eigenvalue weighted by Gasteiger charge is -2.30. The third kappa shape index (κ3) is 4.91. The van der Waals surface area contributed by atoms with Crippen molar-refractivity contribution in [1.29, 1.82) is 0 Å². The fourth-order valence-electron chi connectivity index (χ4n) is 3.70. The summed E-state index contributed by atoms with van der Waals surface area (Å²) >= 11 is 0. The van der Waals surface area contributed by atoms with E-state index in [0.29, 0.717) is 48.7 Å². The molecule has 2 aromatic rings. The molecule has 1 saturated heterocycles. The molecule has 2 aliphatic heterocycles. The van der Waals surface area contributed by atoms with E-state index in [-0.39, 0.29) is 24.5 Å². The van der Waals surface area contributed by atoms with E-state index in [9.17, 15) is 14.4 Å². The summed E-state index contributed by atoms with van der Waals surface area (Å²) < 4.78 is 15.3.